The molecule has 1 aromatic carbocycles. The average molecular weight is 352 g/mol. The largest absolute Gasteiger partial charge is 0.504 e. The summed E-state index contributed by atoms with van der Waals surface area (Å²) in [5.74, 6) is -0.351. The molecule has 136 valence electrons. The minimum absolute atomic E-state index is 0.00708. The van der Waals surface area contributed by atoms with Crippen molar-refractivity contribution in [3.63, 3.8) is 0 Å². The van der Waals surface area contributed by atoms with Gasteiger partial charge in [0.05, 0.1) is 12.5 Å². The van der Waals surface area contributed by atoms with Gasteiger partial charge in [0, 0.05) is 11.8 Å². The van der Waals surface area contributed by atoms with Gasteiger partial charge in [0.1, 0.15) is 0 Å². The number of carbonyl (C=O) groups is 2. The zero-order valence-corrected chi connectivity index (χ0v) is 15.6. The molecule has 1 aromatic rings. The molecule has 2 aliphatic carbocycles. The summed E-state index contributed by atoms with van der Waals surface area (Å²) in [7, 11) is 1.49. The highest BCUT2D eigenvalue weighted by Crippen LogP contribution is 2.56. The highest BCUT2D eigenvalue weighted by atomic mass is 16.5. The molecular weight excluding hydrogens is 328 g/mol. The zero-order chi connectivity index (χ0) is 19.2. The van der Waals surface area contributed by atoms with Crippen LogP contribution in [-0.4, -0.2) is 23.8 Å². The number of allylic oxidation sites excluding steroid dienone is 5. The van der Waals surface area contributed by atoms with Gasteiger partial charge in [-0.05, 0) is 54.7 Å². The number of fused-ring (bicyclic) bond motifs is 1. The van der Waals surface area contributed by atoms with Crippen LogP contribution in [0.5, 0.6) is 11.5 Å². The molecule has 0 aromatic heterocycles. The van der Waals surface area contributed by atoms with Gasteiger partial charge in [0.15, 0.2) is 23.1 Å². The Balaban J connectivity index is 2.24. The van der Waals surface area contributed by atoms with Crippen molar-refractivity contribution in [1.29, 1.82) is 0 Å². The lowest BCUT2D eigenvalue weighted by Gasteiger charge is -2.48. The van der Waals surface area contributed by atoms with Crippen LogP contribution < -0.4 is 4.74 Å². The minimum Gasteiger partial charge on any atom is -0.504 e. The molecular formula is C22H24O4. The van der Waals surface area contributed by atoms with Crippen molar-refractivity contribution in [2.45, 2.75) is 33.1 Å². The molecule has 2 aliphatic rings. The van der Waals surface area contributed by atoms with Crippen LogP contribution in [0.1, 0.15) is 38.7 Å². The molecule has 0 saturated heterocycles. The molecule has 3 rings (SSSR count). The van der Waals surface area contributed by atoms with E-state index in [2.05, 4.69) is 6.58 Å². The maximum Gasteiger partial charge on any atom is 0.166 e. The number of rotatable bonds is 3. The minimum atomic E-state index is -0.903. The first kappa shape index (κ1) is 18.2. The lowest BCUT2D eigenvalue weighted by molar-refractivity contribution is -0.138. The number of Topliss-reactive ketones (excluding diaryl/α,β-unsaturated/α-hetero) is 2. The topological polar surface area (TPSA) is 63.6 Å². The molecule has 0 fully saturated rings. The Bertz CT molecular complexity index is 874. The number of aromatic hydroxyl groups is 1. The fourth-order valence-electron chi connectivity index (χ4n) is 4.48. The van der Waals surface area contributed by atoms with Crippen LogP contribution in [0.3, 0.4) is 0 Å². The predicted molar refractivity (Wildman–Crippen MR) is 100 cm³/mol. The Morgan fingerprint density at radius 3 is 2.54 bits per heavy atom. The van der Waals surface area contributed by atoms with Crippen LogP contribution in [0.4, 0.5) is 0 Å². The van der Waals surface area contributed by atoms with Crippen molar-refractivity contribution in [2.24, 2.45) is 11.3 Å². The Morgan fingerprint density at radius 1 is 1.27 bits per heavy atom. The molecule has 0 spiro atoms. The quantitative estimate of drug-likeness (QED) is 0.889. The van der Waals surface area contributed by atoms with Crippen molar-refractivity contribution < 1.29 is 19.4 Å². The molecule has 0 radical (unpaired) electrons. The summed E-state index contributed by atoms with van der Waals surface area (Å²) < 4.78 is 5.13. The molecule has 3 atom stereocenters. The number of benzene rings is 1. The van der Waals surface area contributed by atoms with Gasteiger partial charge in [0.2, 0.25) is 0 Å². The van der Waals surface area contributed by atoms with Crippen molar-refractivity contribution in [1.82, 2.24) is 0 Å². The van der Waals surface area contributed by atoms with Crippen LogP contribution in [0.25, 0.3) is 0 Å². The zero-order valence-electron chi connectivity index (χ0n) is 15.6. The van der Waals surface area contributed by atoms with E-state index in [1.54, 1.807) is 32.1 Å². The van der Waals surface area contributed by atoms with Crippen molar-refractivity contribution in [3.05, 3.63) is 59.2 Å². The van der Waals surface area contributed by atoms with E-state index in [0.29, 0.717) is 23.3 Å². The van der Waals surface area contributed by atoms with Crippen molar-refractivity contribution in [2.75, 3.05) is 7.11 Å². The molecule has 1 N–H and O–H groups in total. The van der Waals surface area contributed by atoms with Crippen LogP contribution in [0, 0.1) is 11.3 Å². The second-order valence-corrected chi connectivity index (χ2v) is 7.29. The molecule has 0 bridgehead atoms. The summed E-state index contributed by atoms with van der Waals surface area (Å²) in [4.78, 5) is 26.3. The van der Waals surface area contributed by atoms with Gasteiger partial charge in [-0.1, -0.05) is 31.7 Å². The summed E-state index contributed by atoms with van der Waals surface area (Å²) in [5.41, 5.74) is 1.86. The lowest BCUT2D eigenvalue weighted by atomic mass is 9.52. The summed E-state index contributed by atoms with van der Waals surface area (Å²) in [5, 5.41) is 10.2. The molecule has 0 aliphatic heterocycles. The summed E-state index contributed by atoms with van der Waals surface area (Å²) in [6.07, 6.45) is 4.25. The molecule has 0 amide bonds. The van der Waals surface area contributed by atoms with Gasteiger partial charge in [-0.15, -0.1) is 0 Å². The third-order valence-electron chi connectivity index (χ3n) is 6.10. The third kappa shape index (κ3) is 2.36. The monoisotopic (exact) mass is 352 g/mol. The predicted octanol–water partition coefficient (Wildman–Crippen LogP) is 4.11. The van der Waals surface area contributed by atoms with E-state index in [4.69, 9.17) is 4.74 Å². The third-order valence-corrected chi connectivity index (χ3v) is 6.10. The summed E-state index contributed by atoms with van der Waals surface area (Å²) in [6, 6.07) is 5.14. The number of methoxy groups -OCH3 is 1. The second kappa shape index (κ2) is 6.27. The highest BCUT2D eigenvalue weighted by molar-refractivity contribution is 6.15. The van der Waals surface area contributed by atoms with Gasteiger partial charge in [0.25, 0.3) is 0 Å². The van der Waals surface area contributed by atoms with Gasteiger partial charge >= 0.3 is 0 Å². The van der Waals surface area contributed by atoms with Crippen LogP contribution >= 0.6 is 0 Å². The second-order valence-electron chi connectivity index (χ2n) is 7.29. The van der Waals surface area contributed by atoms with E-state index in [9.17, 15) is 14.7 Å². The van der Waals surface area contributed by atoms with E-state index in [1.165, 1.54) is 7.11 Å². The standard InChI is InChI=1S/C22H24O4/c1-6-14-7-9-16-20(24)12(2)13(3)21(25)22(16,4)19(14)15-8-10-18(26-5)17(23)11-15/h6-8,10-11,16,19,23H,1,9H2,2-5H3/t16-,19+,22+/m0/s1. The van der Waals surface area contributed by atoms with E-state index in [1.807, 2.05) is 19.1 Å². The molecule has 0 unspecified atom stereocenters. The Morgan fingerprint density at radius 2 is 1.96 bits per heavy atom. The number of phenolic OH excluding ortho intramolecular Hbond substituents is 1. The number of ketones is 2. The van der Waals surface area contributed by atoms with Crippen molar-refractivity contribution in [3.8, 4) is 11.5 Å². The first-order chi connectivity index (χ1) is 12.3. The smallest absolute Gasteiger partial charge is 0.166 e. The fourth-order valence-corrected chi connectivity index (χ4v) is 4.48. The Hall–Kier alpha value is -2.62. The lowest BCUT2D eigenvalue weighted by Crippen LogP contribution is -2.50. The molecule has 26 heavy (non-hydrogen) atoms. The number of carbonyl (C=O) groups excluding carboxylic acids is 2. The van der Waals surface area contributed by atoms with E-state index in [0.717, 1.165) is 11.1 Å². The van der Waals surface area contributed by atoms with E-state index >= 15 is 0 Å². The summed E-state index contributed by atoms with van der Waals surface area (Å²) >= 11 is 0. The molecule has 0 heterocycles. The summed E-state index contributed by atoms with van der Waals surface area (Å²) in [6.45, 7) is 9.23. The van der Waals surface area contributed by atoms with E-state index in [-0.39, 0.29) is 23.2 Å². The first-order valence-electron chi connectivity index (χ1n) is 8.73. The SMILES string of the molecule is C=CC1=CC[C@H]2C(=O)C(C)=C(C)C(=O)[C@@]2(C)[C@H]1c1ccc(OC)c(O)c1. The maximum absolute atomic E-state index is 13.3. The van der Waals surface area contributed by atoms with Crippen LogP contribution in [0.15, 0.2) is 53.6 Å². The number of hydrogen-bond donors (Lipinski definition) is 1. The first-order valence-corrected chi connectivity index (χ1v) is 8.73. The van der Waals surface area contributed by atoms with E-state index < -0.39 is 11.3 Å². The van der Waals surface area contributed by atoms with Crippen molar-refractivity contribution >= 4 is 11.6 Å². The molecule has 4 heteroatoms. The normalized spacial score (nSPS) is 28.5. The fraction of sp³-hybridized carbons (Fsp3) is 0.364. The van der Waals surface area contributed by atoms with Crippen LogP contribution in [-0.2, 0) is 9.59 Å². The Labute approximate surface area is 153 Å². The van der Waals surface area contributed by atoms with Gasteiger partial charge in [-0.2, -0.15) is 0 Å². The highest BCUT2D eigenvalue weighted by Gasteiger charge is 2.56. The van der Waals surface area contributed by atoms with Crippen LogP contribution in [0.2, 0.25) is 0 Å². The average Bonchev–Trinajstić information content (AvgIpc) is 2.64. The number of ether oxygens (including phenoxy) is 1. The van der Waals surface area contributed by atoms with Gasteiger partial charge in [-0.25, -0.2) is 0 Å². The Kier molecular flexibility index (Phi) is 4.39. The molecule has 0 saturated carbocycles. The maximum atomic E-state index is 13.3. The molecule has 4 nitrogen and oxygen atoms in total. The van der Waals surface area contributed by atoms with Gasteiger partial charge in [-0.3, -0.25) is 9.59 Å². The number of hydrogen-bond acceptors (Lipinski definition) is 4. The van der Waals surface area contributed by atoms with Gasteiger partial charge < -0.3 is 9.84 Å². The number of phenols is 1.